The van der Waals surface area contributed by atoms with Crippen molar-refractivity contribution in [1.82, 2.24) is 25.4 Å². The van der Waals surface area contributed by atoms with E-state index in [-0.39, 0.29) is 31.2 Å². The lowest BCUT2D eigenvalue weighted by molar-refractivity contribution is -0.128. The zero-order valence-corrected chi connectivity index (χ0v) is 35.0. The Kier molecular flexibility index (Phi) is 16.0. The first-order valence-electron chi connectivity index (χ1n) is 20.6. The Morgan fingerprint density at radius 2 is 1.73 bits per heavy atom. The van der Waals surface area contributed by atoms with E-state index >= 15 is 0 Å². The standard InChI is InChI=1S/C43H57Cl2N5O9/c1-2-3-8-39(54)47-15-16-49-17-18-50(24-40(55)48-22-36(52)41(56)42(57)37(53)25-51)35(23-49)31-20-33(44)27(19-34(31)45)26-58-43(12-13-43)32-21-46-14-11-29(32)30-6-4-5-7-38(30)59-28-9-10-28/h4-7,11,14,19-21,28,35-37,41-42,51-53,56-57H,2-3,8-10,12-13,15-18,22-26H2,1H3,(H,47,54)(H,48,55)/t35?,36-,37+,41+,42+/m0/s1. The van der Waals surface area contributed by atoms with Crippen LogP contribution < -0.4 is 15.4 Å². The first-order chi connectivity index (χ1) is 28.4. The number of ether oxygens (including phenoxy) is 2. The molecule has 7 N–H and O–H groups in total. The molecule has 2 saturated carbocycles. The fraction of sp³-hybridized carbons (Fsp3) is 0.558. The van der Waals surface area contributed by atoms with Crippen molar-refractivity contribution in [1.29, 1.82) is 0 Å². The number of nitrogens with one attached hydrogen (secondary N) is 2. The van der Waals surface area contributed by atoms with Crippen molar-refractivity contribution >= 4 is 35.0 Å². The van der Waals surface area contributed by atoms with Crippen molar-refractivity contribution in [3.05, 3.63) is 81.6 Å². The Bertz CT molecular complexity index is 1880. The quantitative estimate of drug-likeness (QED) is 0.0780. The van der Waals surface area contributed by atoms with Crippen molar-refractivity contribution < 1.29 is 44.6 Å². The molecule has 322 valence electrons. The molecule has 3 aliphatic rings. The van der Waals surface area contributed by atoms with E-state index in [1.54, 1.807) is 6.20 Å². The monoisotopic (exact) mass is 857 g/mol. The average molecular weight is 859 g/mol. The van der Waals surface area contributed by atoms with E-state index in [4.69, 9.17) is 37.8 Å². The van der Waals surface area contributed by atoms with Crippen molar-refractivity contribution in [3.8, 4) is 16.9 Å². The Balaban J connectivity index is 1.15. The Labute approximate surface area is 355 Å². The first-order valence-corrected chi connectivity index (χ1v) is 21.3. The molecular weight excluding hydrogens is 801 g/mol. The number of benzene rings is 2. The predicted octanol–water partition coefficient (Wildman–Crippen LogP) is 3.32. The molecular formula is C43H57Cl2N5O9. The number of rotatable bonds is 22. The van der Waals surface area contributed by atoms with Crippen LogP contribution in [0.2, 0.25) is 10.0 Å². The van der Waals surface area contributed by atoms with E-state index in [1.165, 1.54) is 0 Å². The summed E-state index contributed by atoms with van der Waals surface area (Å²) in [4.78, 5) is 34.1. The molecule has 5 atom stereocenters. The summed E-state index contributed by atoms with van der Waals surface area (Å²) in [6, 6.07) is 13.3. The zero-order valence-electron chi connectivity index (χ0n) is 33.4. The molecule has 2 aliphatic carbocycles. The summed E-state index contributed by atoms with van der Waals surface area (Å²) in [7, 11) is 0. The number of para-hydroxylation sites is 1. The molecule has 0 radical (unpaired) electrons. The van der Waals surface area contributed by atoms with E-state index < -0.39 is 49.1 Å². The summed E-state index contributed by atoms with van der Waals surface area (Å²) in [5.74, 6) is 0.408. The number of aromatic nitrogens is 1. The number of aliphatic hydroxyl groups excluding tert-OH is 5. The van der Waals surface area contributed by atoms with E-state index in [2.05, 4.69) is 26.6 Å². The van der Waals surface area contributed by atoms with Gasteiger partial charge in [0.1, 0.15) is 24.1 Å². The van der Waals surface area contributed by atoms with Gasteiger partial charge in [0.15, 0.2) is 0 Å². The lowest BCUT2D eigenvalue weighted by Gasteiger charge is -2.42. The average Bonchev–Trinajstić information content (AvgIpc) is 4.20. The molecule has 3 aromatic rings. The lowest BCUT2D eigenvalue weighted by Crippen LogP contribution is -2.53. The summed E-state index contributed by atoms with van der Waals surface area (Å²) in [5.41, 5.74) is 3.88. The van der Waals surface area contributed by atoms with Gasteiger partial charge in [0.05, 0.1) is 37.6 Å². The Hall–Kier alpha value is -3.41. The van der Waals surface area contributed by atoms with Crippen molar-refractivity contribution in [2.24, 2.45) is 0 Å². The second-order valence-corrected chi connectivity index (χ2v) is 16.6. The number of pyridine rings is 1. The molecule has 1 unspecified atom stereocenters. The van der Waals surface area contributed by atoms with Crippen molar-refractivity contribution in [2.45, 2.75) is 101 Å². The molecule has 59 heavy (non-hydrogen) atoms. The highest BCUT2D eigenvalue weighted by atomic mass is 35.5. The maximum Gasteiger partial charge on any atom is 0.234 e. The molecule has 14 nitrogen and oxygen atoms in total. The molecule has 1 aromatic heterocycles. The maximum absolute atomic E-state index is 13.2. The normalized spacial score (nSPS) is 20.0. The van der Waals surface area contributed by atoms with E-state index in [0.717, 1.165) is 61.0 Å². The molecule has 3 fully saturated rings. The van der Waals surface area contributed by atoms with Crippen LogP contribution >= 0.6 is 23.2 Å². The molecule has 1 saturated heterocycles. The van der Waals surface area contributed by atoms with Crippen LogP contribution in [-0.2, 0) is 26.5 Å². The number of aliphatic hydroxyl groups is 5. The second-order valence-electron chi connectivity index (χ2n) is 15.8. The van der Waals surface area contributed by atoms with Gasteiger partial charge in [-0.05, 0) is 73.1 Å². The Morgan fingerprint density at radius 3 is 2.46 bits per heavy atom. The van der Waals surface area contributed by atoms with Gasteiger partial charge in [0.2, 0.25) is 11.8 Å². The minimum Gasteiger partial charge on any atom is -0.490 e. The molecule has 16 heteroatoms. The smallest absolute Gasteiger partial charge is 0.234 e. The van der Waals surface area contributed by atoms with Crippen LogP contribution in [0.5, 0.6) is 5.75 Å². The van der Waals surface area contributed by atoms with E-state index in [9.17, 15) is 30.0 Å². The van der Waals surface area contributed by atoms with Crippen LogP contribution in [0.4, 0.5) is 0 Å². The van der Waals surface area contributed by atoms with Gasteiger partial charge in [0, 0.05) is 85.3 Å². The number of halogens is 2. The van der Waals surface area contributed by atoms with E-state index in [0.29, 0.717) is 60.3 Å². The lowest BCUT2D eigenvalue weighted by atomic mass is 9.96. The molecule has 0 spiro atoms. The summed E-state index contributed by atoms with van der Waals surface area (Å²) < 4.78 is 13.0. The number of carbonyl (C=O) groups excluding carboxylic acids is 2. The van der Waals surface area contributed by atoms with Crippen molar-refractivity contribution in [2.75, 3.05) is 52.4 Å². The summed E-state index contributed by atoms with van der Waals surface area (Å²) in [6.45, 7) is 3.56. The van der Waals surface area contributed by atoms with Gasteiger partial charge in [-0.1, -0.05) is 54.7 Å². The van der Waals surface area contributed by atoms with Gasteiger partial charge in [-0.15, -0.1) is 0 Å². The van der Waals surface area contributed by atoms with Crippen LogP contribution in [-0.4, -0.2) is 135 Å². The fourth-order valence-corrected chi connectivity index (χ4v) is 7.97. The van der Waals surface area contributed by atoms with Crippen LogP contribution in [0.15, 0.2) is 54.9 Å². The van der Waals surface area contributed by atoms with Crippen LogP contribution in [0.25, 0.3) is 11.1 Å². The molecule has 2 amide bonds. The van der Waals surface area contributed by atoms with Gasteiger partial charge in [-0.25, -0.2) is 0 Å². The summed E-state index contributed by atoms with van der Waals surface area (Å²) in [5, 5.41) is 55.8. The van der Waals surface area contributed by atoms with Gasteiger partial charge in [-0.2, -0.15) is 0 Å². The molecule has 0 bridgehead atoms. The largest absolute Gasteiger partial charge is 0.490 e. The zero-order chi connectivity index (χ0) is 42.1. The molecule has 2 heterocycles. The van der Waals surface area contributed by atoms with Crippen molar-refractivity contribution in [3.63, 3.8) is 0 Å². The second kappa shape index (κ2) is 20.9. The van der Waals surface area contributed by atoms with E-state index in [1.807, 2.05) is 54.4 Å². The fourth-order valence-electron chi connectivity index (χ4n) is 7.43. The van der Waals surface area contributed by atoms with Gasteiger partial charge in [0.25, 0.3) is 0 Å². The number of unbranched alkanes of at least 4 members (excludes halogenated alkanes) is 1. The summed E-state index contributed by atoms with van der Waals surface area (Å²) >= 11 is 14.1. The van der Waals surface area contributed by atoms with Gasteiger partial charge < -0.3 is 45.6 Å². The summed E-state index contributed by atoms with van der Waals surface area (Å²) in [6.07, 6.45) is 3.03. The number of carbonyl (C=O) groups is 2. The third kappa shape index (κ3) is 11.9. The number of hydrogen-bond acceptors (Lipinski definition) is 12. The van der Waals surface area contributed by atoms with Crippen LogP contribution in [0, 0.1) is 0 Å². The third-order valence-corrected chi connectivity index (χ3v) is 12.0. The maximum atomic E-state index is 13.2. The Morgan fingerprint density at radius 1 is 0.966 bits per heavy atom. The minimum absolute atomic E-state index is 0.0113. The van der Waals surface area contributed by atoms with Crippen LogP contribution in [0.1, 0.15) is 74.6 Å². The molecule has 1 aliphatic heterocycles. The minimum atomic E-state index is -1.81. The SMILES string of the molecule is CCCCC(=O)NCCN1CCN(CC(=O)NC[C@H](O)[C@@H](O)[C@H](O)[C@H](O)CO)C(c2cc(Cl)c(COC3(c4cnccc4-c4ccccc4OC4CC4)CC3)cc2Cl)C1. The van der Waals surface area contributed by atoms with Crippen LogP contribution in [0.3, 0.4) is 0 Å². The number of amides is 2. The number of nitrogens with zero attached hydrogens (tertiary/aromatic N) is 3. The third-order valence-electron chi connectivity index (χ3n) is 11.3. The highest BCUT2D eigenvalue weighted by molar-refractivity contribution is 6.34. The number of piperazine rings is 1. The predicted molar refractivity (Wildman–Crippen MR) is 223 cm³/mol. The van der Waals surface area contributed by atoms with Gasteiger partial charge >= 0.3 is 0 Å². The number of hydrogen-bond donors (Lipinski definition) is 7. The molecule has 6 rings (SSSR count). The van der Waals surface area contributed by atoms with Gasteiger partial charge in [-0.3, -0.25) is 24.4 Å². The molecule has 2 aromatic carbocycles. The topological polar surface area (TPSA) is 197 Å². The highest BCUT2D eigenvalue weighted by Crippen LogP contribution is 2.53. The highest BCUT2D eigenvalue weighted by Gasteiger charge is 2.48. The first kappa shape index (κ1) is 45.1.